The third kappa shape index (κ3) is 2.04. The normalized spacial score (nSPS) is 18.9. The third-order valence-corrected chi connectivity index (χ3v) is 1.73. The van der Waals surface area contributed by atoms with Crippen LogP contribution in [0.1, 0.15) is 0 Å². The van der Waals surface area contributed by atoms with E-state index in [-0.39, 0.29) is 0 Å². The second kappa shape index (κ2) is 4.33. The molecule has 2 aliphatic heterocycles. The molecule has 0 atom stereocenters. The first-order valence-electron chi connectivity index (χ1n) is 4.37. The van der Waals surface area contributed by atoms with Gasteiger partial charge < -0.3 is 9.47 Å². The molecule has 2 aliphatic rings. The summed E-state index contributed by atoms with van der Waals surface area (Å²) in [5.74, 6) is 1.40. The largest absolute Gasteiger partial charge is 0.461 e. The van der Waals surface area contributed by atoms with Crippen molar-refractivity contribution in [3.63, 3.8) is 0 Å². The maximum Gasteiger partial charge on any atom is 0.168 e. The summed E-state index contributed by atoms with van der Waals surface area (Å²) in [5, 5.41) is 0. The van der Waals surface area contributed by atoms with Gasteiger partial charge in [-0.2, -0.15) is 0 Å². The highest BCUT2D eigenvalue weighted by molar-refractivity contribution is 5.32. The van der Waals surface area contributed by atoms with Crippen LogP contribution in [0.3, 0.4) is 0 Å². The van der Waals surface area contributed by atoms with E-state index in [1.165, 1.54) is 0 Å². The molecule has 0 N–H and O–H groups in total. The lowest BCUT2D eigenvalue weighted by atomic mass is 10.3. The summed E-state index contributed by atoms with van der Waals surface area (Å²) in [6.07, 6.45) is 18.2. The van der Waals surface area contributed by atoms with Crippen LogP contribution in [0.2, 0.25) is 0 Å². The summed E-state index contributed by atoms with van der Waals surface area (Å²) in [6.45, 7) is 0. The molecule has 14 heavy (non-hydrogen) atoms. The SMILES string of the molecule is C1=CC=C(C2=CC=CC=CO2)OC=C1. The molecule has 0 aromatic rings. The summed E-state index contributed by atoms with van der Waals surface area (Å²) < 4.78 is 10.7. The molecule has 0 aliphatic carbocycles. The Bertz CT molecular complexity index is 341. The molecular formula is C12H10O2. The Morgan fingerprint density at radius 2 is 1.07 bits per heavy atom. The zero-order chi connectivity index (χ0) is 9.64. The van der Waals surface area contributed by atoms with Crippen LogP contribution in [0, 0.1) is 0 Å². The second-order valence-corrected chi connectivity index (χ2v) is 2.72. The molecule has 70 valence electrons. The van der Waals surface area contributed by atoms with Crippen LogP contribution >= 0.6 is 0 Å². The minimum absolute atomic E-state index is 0.700. The number of rotatable bonds is 1. The fourth-order valence-electron chi connectivity index (χ4n) is 1.09. The number of ether oxygens (including phenoxy) is 2. The predicted molar refractivity (Wildman–Crippen MR) is 54.9 cm³/mol. The van der Waals surface area contributed by atoms with Gasteiger partial charge in [-0.15, -0.1) is 0 Å². The van der Waals surface area contributed by atoms with Crippen LogP contribution < -0.4 is 0 Å². The van der Waals surface area contributed by atoms with Crippen molar-refractivity contribution in [1.82, 2.24) is 0 Å². The zero-order valence-electron chi connectivity index (χ0n) is 7.59. The Kier molecular flexibility index (Phi) is 2.67. The van der Waals surface area contributed by atoms with Gasteiger partial charge in [-0.05, 0) is 24.3 Å². The summed E-state index contributed by atoms with van der Waals surface area (Å²) in [7, 11) is 0. The maximum absolute atomic E-state index is 5.35. The van der Waals surface area contributed by atoms with Crippen molar-refractivity contribution in [3.8, 4) is 0 Å². The van der Waals surface area contributed by atoms with E-state index in [2.05, 4.69) is 0 Å². The smallest absolute Gasteiger partial charge is 0.168 e. The van der Waals surface area contributed by atoms with Crippen molar-refractivity contribution >= 4 is 0 Å². The van der Waals surface area contributed by atoms with Gasteiger partial charge in [-0.25, -0.2) is 0 Å². The van der Waals surface area contributed by atoms with Crippen molar-refractivity contribution in [2.24, 2.45) is 0 Å². The van der Waals surface area contributed by atoms with Gasteiger partial charge in [0.15, 0.2) is 11.5 Å². The van der Waals surface area contributed by atoms with Crippen LogP contribution in [0.15, 0.2) is 72.7 Å². The Hall–Kier alpha value is -1.96. The summed E-state index contributed by atoms with van der Waals surface area (Å²) in [4.78, 5) is 0. The van der Waals surface area contributed by atoms with Crippen molar-refractivity contribution in [1.29, 1.82) is 0 Å². The molecule has 0 amide bonds. The minimum atomic E-state index is 0.700. The van der Waals surface area contributed by atoms with E-state index in [9.17, 15) is 0 Å². The summed E-state index contributed by atoms with van der Waals surface area (Å²) in [6, 6.07) is 0. The van der Waals surface area contributed by atoms with E-state index in [1.54, 1.807) is 12.5 Å². The molecule has 0 aromatic heterocycles. The fraction of sp³-hybridized carbons (Fsp3) is 0. The molecule has 0 saturated carbocycles. The van der Waals surface area contributed by atoms with Gasteiger partial charge >= 0.3 is 0 Å². The van der Waals surface area contributed by atoms with E-state index in [0.29, 0.717) is 11.5 Å². The standard InChI is InChI=1S/C12H10O2/c1-3-7-11(13-9-5-1)12-8-4-2-6-10-14-12/h1-10H. The van der Waals surface area contributed by atoms with Crippen molar-refractivity contribution < 1.29 is 9.47 Å². The average molecular weight is 186 g/mol. The van der Waals surface area contributed by atoms with Gasteiger partial charge in [-0.3, -0.25) is 0 Å². The molecule has 2 rings (SSSR count). The molecule has 0 bridgehead atoms. The van der Waals surface area contributed by atoms with Gasteiger partial charge in [-0.1, -0.05) is 24.3 Å². The lowest BCUT2D eigenvalue weighted by Gasteiger charge is -2.07. The lowest BCUT2D eigenvalue weighted by molar-refractivity contribution is 0.276. The summed E-state index contributed by atoms with van der Waals surface area (Å²) >= 11 is 0. The van der Waals surface area contributed by atoms with Gasteiger partial charge in [0, 0.05) is 0 Å². The van der Waals surface area contributed by atoms with Crippen molar-refractivity contribution in [2.75, 3.05) is 0 Å². The Morgan fingerprint density at radius 3 is 1.57 bits per heavy atom. The van der Waals surface area contributed by atoms with Crippen LogP contribution in [-0.4, -0.2) is 0 Å². The third-order valence-electron chi connectivity index (χ3n) is 1.73. The average Bonchev–Trinajstić information content (AvgIpc) is 2.62. The highest BCUT2D eigenvalue weighted by Crippen LogP contribution is 2.17. The molecule has 0 spiro atoms. The van der Waals surface area contributed by atoms with E-state index in [0.717, 1.165) is 0 Å². The minimum Gasteiger partial charge on any atom is -0.461 e. The van der Waals surface area contributed by atoms with E-state index >= 15 is 0 Å². The molecular weight excluding hydrogens is 176 g/mol. The van der Waals surface area contributed by atoms with Crippen LogP contribution in [-0.2, 0) is 9.47 Å². The predicted octanol–water partition coefficient (Wildman–Crippen LogP) is 2.95. The molecule has 0 radical (unpaired) electrons. The van der Waals surface area contributed by atoms with Crippen molar-refractivity contribution in [2.45, 2.75) is 0 Å². The van der Waals surface area contributed by atoms with E-state index < -0.39 is 0 Å². The zero-order valence-corrected chi connectivity index (χ0v) is 7.59. The first-order valence-corrected chi connectivity index (χ1v) is 4.37. The highest BCUT2D eigenvalue weighted by Gasteiger charge is 2.06. The lowest BCUT2D eigenvalue weighted by Crippen LogP contribution is -1.92. The molecule has 2 nitrogen and oxygen atoms in total. The second-order valence-electron chi connectivity index (χ2n) is 2.72. The highest BCUT2D eigenvalue weighted by atomic mass is 16.5. The van der Waals surface area contributed by atoms with Crippen LogP contribution in [0.25, 0.3) is 0 Å². The van der Waals surface area contributed by atoms with Crippen molar-refractivity contribution in [3.05, 3.63) is 72.7 Å². The Labute approximate surface area is 82.8 Å². The summed E-state index contributed by atoms with van der Waals surface area (Å²) in [5.41, 5.74) is 0. The van der Waals surface area contributed by atoms with Gasteiger partial charge in [0.25, 0.3) is 0 Å². The molecule has 2 heterocycles. The first kappa shape index (κ1) is 8.63. The number of allylic oxidation sites excluding steroid dienone is 8. The van der Waals surface area contributed by atoms with Gasteiger partial charge in [0.2, 0.25) is 0 Å². The maximum atomic E-state index is 5.35. The number of hydrogen-bond donors (Lipinski definition) is 0. The van der Waals surface area contributed by atoms with Gasteiger partial charge in [0.05, 0.1) is 12.5 Å². The molecule has 0 saturated heterocycles. The first-order chi connectivity index (χ1) is 6.97. The number of hydrogen-bond acceptors (Lipinski definition) is 2. The Morgan fingerprint density at radius 1 is 0.571 bits per heavy atom. The topological polar surface area (TPSA) is 18.5 Å². The molecule has 0 aromatic carbocycles. The van der Waals surface area contributed by atoms with Crippen LogP contribution in [0.5, 0.6) is 0 Å². The molecule has 0 fully saturated rings. The van der Waals surface area contributed by atoms with Gasteiger partial charge in [0.1, 0.15) is 0 Å². The molecule has 2 heteroatoms. The fourth-order valence-corrected chi connectivity index (χ4v) is 1.09. The molecule has 0 unspecified atom stereocenters. The monoisotopic (exact) mass is 186 g/mol. The van der Waals surface area contributed by atoms with E-state index in [1.807, 2.05) is 48.6 Å². The quantitative estimate of drug-likeness (QED) is 0.626. The van der Waals surface area contributed by atoms with Crippen LogP contribution in [0.4, 0.5) is 0 Å². The Balaban J connectivity index is 2.22. The van der Waals surface area contributed by atoms with E-state index in [4.69, 9.17) is 9.47 Å².